The predicted octanol–water partition coefficient (Wildman–Crippen LogP) is 2.73. The summed E-state index contributed by atoms with van der Waals surface area (Å²) in [7, 11) is 1.65. The van der Waals surface area contributed by atoms with E-state index in [1.807, 2.05) is 24.3 Å². The van der Waals surface area contributed by atoms with Crippen LogP contribution in [0.15, 0.2) is 28.8 Å². The fourth-order valence-electron chi connectivity index (χ4n) is 3.10. The molecule has 1 saturated heterocycles. The number of methoxy groups -OCH3 is 1. The molecule has 2 unspecified atom stereocenters. The first-order chi connectivity index (χ1) is 11.2. The van der Waals surface area contributed by atoms with E-state index in [1.165, 1.54) is 6.42 Å². The summed E-state index contributed by atoms with van der Waals surface area (Å²) in [4.78, 5) is 6.87. The minimum atomic E-state index is 0. The van der Waals surface area contributed by atoms with Crippen molar-refractivity contribution in [2.75, 3.05) is 20.2 Å². The van der Waals surface area contributed by atoms with Gasteiger partial charge in [0.05, 0.1) is 13.7 Å². The van der Waals surface area contributed by atoms with Gasteiger partial charge in [-0.25, -0.2) is 0 Å². The van der Waals surface area contributed by atoms with Gasteiger partial charge in [-0.1, -0.05) is 12.1 Å². The second-order valence-corrected chi connectivity index (χ2v) is 6.23. The van der Waals surface area contributed by atoms with E-state index in [4.69, 9.17) is 15.0 Å². The molecule has 7 heteroatoms. The molecule has 0 bridgehead atoms. The fourth-order valence-corrected chi connectivity index (χ4v) is 3.10. The normalized spacial score (nSPS) is 21.3. The number of hydrogen-bond acceptors (Lipinski definition) is 6. The molecule has 0 aliphatic carbocycles. The van der Waals surface area contributed by atoms with Crippen molar-refractivity contribution in [2.24, 2.45) is 11.7 Å². The zero-order valence-electron chi connectivity index (χ0n) is 14.1. The number of hydrogen-bond donors (Lipinski definition) is 1. The van der Waals surface area contributed by atoms with Crippen molar-refractivity contribution >= 4 is 12.4 Å². The highest BCUT2D eigenvalue weighted by atomic mass is 35.5. The molecule has 0 radical (unpaired) electrons. The Kier molecular flexibility index (Phi) is 6.60. The van der Waals surface area contributed by atoms with Gasteiger partial charge in [0.25, 0.3) is 0 Å². The van der Waals surface area contributed by atoms with Gasteiger partial charge >= 0.3 is 0 Å². The number of likely N-dealkylation sites (tertiary alicyclic amines) is 1. The van der Waals surface area contributed by atoms with Gasteiger partial charge in [0.15, 0.2) is 0 Å². The van der Waals surface area contributed by atoms with E-state index < -0.39 is 0 Å². The number of ether oxygens (including phenoxy) is 1. The SMILES string of the molecule is COc1ccc(-c2noc(CN3CCC(C)CC3CN)n2)cc1.Cl. The van der Waals surface area contributed by atoms with Crippen molar-refractivity contribution in [2.45, 2.75) is 32.4 Å². The molecule has 1 aromatic carbocycles. The van der Waals surface area contributed by atoms with Crippen LogP contribution in [0.5, 0.6) is 5.75 Å². The van der Waals surface area contributed by atoms with Crippen molar-refractivity contribution in [3.63, 3.8) is 0 Å². The molecule has 6 nitrogen and oxygen atoms in total. The Hall–Kier alpha value is -1.63. The van der Waals surface area contributed by atoms with Gasteiger partial charge in [-0.15, -0.1) is 12.4 Å². The Morgan fingerprint density at radius 2 is 2.08 bits per heavy atom. The summed E-state index contributed by atoms with van der Waals surface area (Å²) in [5.41, 5.74) is 6.83. The van der Waals surface area contributed by atoms with Crippen molar-refractivity contribution in [3.8, 4) is 17.1 Å². The van der Waals surface area contributed by atoms with Crippen LogP contribution < -0.4 is 10.5 Å². The van der Waals surface area contributed by atoms with Gasteiger partial charge in [0.2, 0.25) is 11.7 Å². The maximum atomic E-state index is 5.91. The van der Waals surface area contributed by atoms with Crippen LogP contribution >= 0.6 is 12.4 Å². The summed E-state index contributed by atoms with van der Waals surface area (Å²) in [6.07, 6.45) is 2.33. The Labute approximate surface area is 148 Å². The minimum absolute atomic E-state index is 0. The highest BCUT2D eigenvalue weighted by molar-refractivity contribution is 5.85. The Bertz CT molecular complexity index is 632. The van der Waals surface area contributed by atoms with Gasteiger partial charge < -0.3 is 15.0 Å². The molecule has 1 aliphatic rings. The number of aromatic nitrogens is 2. The van der Waals surface area contributed by atoms with Crippen molar-refractivity contribution in [3.05, 3.63) is 30.2 Å². The maximum Gasteiger partial charge on any atom is 0.241 e. The second kappa shape index (κ2) is 8.46. The van der Waals surface area contributed by atoms with E-state index in [1.54, 1.807) is 7.11 Å². The Morgan fingerprint density at radius 1 is 1.33 bits per heavy atom. The minimum Gasteiger partial charge on any atom is -0.497 e. The lowest BCUT2D eigenvalue weighted by Crippen LogP contribution is -2.45. The standard InChI is InChI=1S/C17H24N4O2.ClH/c1-12-7-8-21(14(9-12)10-18)11-16-19-17(20-23-16)13-3-5-15(22-2)6-4-13;/h3-6,12,14H,7-11,18H2,1-2H3;1H. The molecule has 3 rings (SSSR count). The molecule has 2 aromatic rings. The third-order valence-corrected chi connectivity index (χ3v) is 4.53. The summed E-state index contributed by atoms with van der Waals surface area (Å²) >= 11 is 0. The largest absolute Gasteiger partial charge is 0.497 e. The number of halogens is 1. The van der Waals surface area contributed by atoms with Crippen LogP contribution in [0, 0.1) is 5.92 Å². The number of benzene rings is 1. The van der Waals surface area contributed by atoms with Crippen LogP contribution in [0.25, 0.3) is 11.4 Å². The van der Waals surface area contributed by atoms with E-state index in [-0.39, 0.29) is 12.4 Å². The zero-order chi connectivity index (χ0) is 16.2. The van der Waals surface area contributed by atoms with E-state index in [9.17, 15) is 0 Å². The number of nitrogens with zero attached hydrogens (tertiary/aromatic N) is 3. The smallest absolute Gasteiger partial charge is 0.241 e. The molecule has 1 aromatic heterocycles. The Morgan fingerprint density at radius 3 is 2.75 bits per heavy atom. The van der Waals surface area contributed by atoms with Gasteiger partial charge in [-0.3, -0.25) is 4.90 Å². The fraction of sp³-hybridized carbons (Fsp3) is 0.529. The molecule has 1 fully saturated rings. The van der Waals surface area contributed by atoms with Gasteiger partial charge in [-0.2, -0.15) is 4.98 Å². The van der Waals surface area contributed by atoms with Gasteiger partial charge in [-0.05, 0) is 49.6 Å². The first-order valence-corrected chi connectivity index (χ1v) is 8.10. The summed E-state index contributed by atoms with van der Waals surface area (Å²) in [6, 6.07) is 8.04. The van der Waals surface area contributed by atoms with Crippen molar-refractivity contribution in [1.82, 2.24) is 15.0 Å². The average molecular weight is 353 g/mol. The summed E-state index contributed by atoms with van der Waals surface area (Å²) in [6.45, 7) is 4.65. The third-order valence-electron chi connectivity index (χ3n) is 4.53. The van der Waals surface area contributed by atoms with Gasteiger partial charge in [0.1, 0.15) is 5.75 Å². The number of rotatable bonds is 5. The van der Waals surface area contributed by atoms with Crippen LogP contribution in [0.3, 0.4) is 0 Å². The predicted molar refractivity (Wildman–Crippen MR) is 95.2 cm³/mol. The molecule has 2 heterocycles. The van der Waals surface area contributed by atoms with E-state index >= 15 is 0 Å². The highest BCUT2D eigenvalue weighted by Crippen LogP contribution is 2.24. The van der Waals surface area contributed by atoms with E-state index in [0.29, 0.717) is 30.8 Å². The summed E-state index contributed by atoms with van der Waals surface area (Å²) in [5.74, 6) is 2.80. The third kappa shape index (κ3) is 4.26. The first-order valence-electron chi connectivity index (χ1n) is 8.10. The summed E-state index contributed by atoms with van der Waals surface area (Å²) in [5, 5.41) is 4.09. The molecule has 132 valence electrons. The molecule has 24 heavy (non-hydrogen) atoms. The molecular formula is C17H25ClN4O2. The lowest BCUT2D eigenvalue weighted by molar-refractivity contribution is 0.102. The van der Waals surface area contributed by atoms with Crippen LogP contribution in [0.2, 0.25) is 0 Å². The lowest BCUT2D eigenvalue weighted by atomic mass is 9.92. The number of piperidine rings is 1. The van der Waals surface area contributed by atoms with Gasteiger partial charge in [0, 0.05) is 18.2 Å². The Balaban J connectivity index is 0.00000208. The van der Waals surface area contributed by atoms with Crippen molar-refractivity contribution < 1.29 is 9.26 Å². The molecule has 2 atom stereocenters. The topological polar surface area (TPSA) is 77.4 Å². The molecule has 1 aliphatic heterocycles. The van der Waals surface area contributed by atoms with Crippen LogP contribution in [-0.4, -0.2) is 41.3 Å². The molecule has 2 N–H and O–H groups in total. The van der Waals surface area contributed by atoms with Crippen LogP contribution in [-0.2, 0) is 6.54 Å². The maximum absolute atomic E-state index is 5.91. The van der Waals surface area contributed by atoms with E-state index in [0.717, 1.165) is 30.2 Å². The first kappa shape index (κ1) is 18.7. The van der Waals surface area contributed by atoms with E-state index in [2.05, 4.69) is 22.0 Å². The zero-order valence-corrected chi connectivity index (χ0v) is 15.0. The molecular weight excluding hydrogens is 328 g/mol. The molecule has 0 spiro atoms. The lowest BCUT2D eigenvalue weighted by Gasteiger charge is -2.36. The highest BCUT2D eigenvalue weighted by Gasteiger charge is 2.26. The van der Waals surface area contributed by atoms with Crippen LogP contribution in [0.1, 0.15) is 25.7 Å². The molecule has 0 amide bonds. The quantitative estimate of drug-likeness (QED) is 0.891. The monoisotopic (exact) mass is 352 g/mol. The second-order valence-electron chi connectivity index (χ2n) is 6.23. The average Bonchev–Trinajstić information content (AvgIpc) is 3.05. The molecule has 0 saturated carbocycles. The summed E-state index contributed by atoms with van der Waals surface area (Å²) < 4.78 is 10.6. The van der Waals surface area contributed by atoms with Crippen molar-refractivity contribution in [1.29, 1.82) is 0 Å². The van der Waals surface area contributed by atoms with Crippen LogP contribution in [0.4, 0.5) is 0 Å². The number of nitrogens with two attached hydrogens (primary N) is 1.